The molecule has 82 valence electrons. The molecule has 0 aromatic heterocycles. The third kappa shape index (κ3) is 5.59. The van der Waals surface area contributed by atoms with E-state index < -0.39 is 0 Å². The smallest absolute Gasteiger partial charge is 0.0516 e. The van der Waals surface area contributed by atoms with Crippen molar-refractivity contribution in [2.45, 2.75) is 13.8 Å². The van der Waals surface area contributed by atoms with Crippen LogP contribution in [0.2, 0.25) is 0 Å². The number of thioether (sulfide) groups is 1. The van der Waals surface area contributed by atoms with E-state index in [1.807, 2.05) is 33.3 Å². The quantitative estimate of drug-likeness (QED) is 0.647. The molecule has 0 spiro atoms. The van der Waals surface area contributed by atoms with Crippen LogP contribution in [0.1, 0.15) is 19.4 Å². The van der Waals surface area contributed by atoms with Crippen LogP contribution in [0.5, 0.6) is 0 Å². The van der Waals surface area contributed by atoms with Crippen molar-refractivity contribution in [2.24, 2.45) is 0 Å². The summed E-state index contributed by atoms with van der Waals surface area (Å²) in [4.78, 5) is 0. The van der Waals surface area contributed by atoms with E-state index in [0.717, 1.165) is 11.5 Å². The second-order valence-electron chi connectivity index (χ2n) is 2.80. The van der Waals surface area contributed by atoms with E-state index in [1.54, 1.807) is 0 Å². The van der Waals surface area contributed by atoms with Crippen molar-refractivity contribution in [2.75, 3.05) is 11.5 Å². The molecule has 15 heavy (non-hydrogen) atoms. The number of hydrogen-bond donors (Lipinski definition) is 0. The van der Waals surface area contributed by atoms with Gasteiger partial charge in [0.15, 0.2) is 0 Å². The van der Waals surface area contributed by atoms with Crippen LogP contribution in [-0.2, 0) is 0 Å². The van der Waals surface area contributed by atoms with Crippen molar-refractivity contribution in [3.05, 3.63) is 40.1 Å². The summed E-state index contributed by atoms with van der Waals surface area (Å²) in [6.07, 6.45) is 2.27. The van der Waals surface area contributed by atoms with E-state index in [-0.39, 0.29) is 0 Å². The molecule has 0 fully saturated rings. The molecule has 0 aliphatic rings. The van der Waals surface area contributed by atoms with Gasteiger partial charge in [0, 0.05) is 5.75 Å². The Hall–Kier alpha value is 0.01000. The summed E-state index contributed by atoms with van der Waals surface area (Å²) in [6.45, 7) is 4.38. The zero-order valence-corrected chi connectivity index (χ0v) is 11.6. The van der Waals surface area contributed by atoms with Gasteiger partial charge in [0.1, 0.15) is 0 Å². The number of rotatable bonds is 6. The fourth-order valence-corrected chi connectivity index (χ4v) is 4.21. The van der Waals surface area contributed by atoms with E-state index in [9.17, 15) is 0 Å². The summed E-state index contributed by atoms with van der Waals surface area (Å²) in [5.74, 6) is 2.29. The van der Waals surface area contributed by atoms with Crippen molar-refractivity contribution in [3.8, 4) is 0 Å². The molecule has 0 unspecified atom stereocenters. The lowest BCUT2D eigenvalue weighted by atomic mass is 10.2. The highest BCUT2D eigenvalue weighted by Crippen LogP contribution is 2.38. The van der Waals surface area contributed by atoms with Crippen molar-refractivity contribution in [3.63, 3.8) is 0 Å². The van der Waals surface area contributed by atoms with Gasteiger partial charge >= 0.3 is 0 Å². The molecule has 0 atom stereocenters. The summed E-state index contributed by atoms with van der Waals surface area (Å²) in [6, 6.07) is 10.5. The Kier molecular flexibility index (Phi) is 7.14. The molecule has 0 bridgehead atoms. The first-order valence-corrected chi connectivity index (χ1v) is 8.36. The Morgan fingerprint density at radius 2 is 1.87 bits per heavy atom. The van der Waals surface area contributed by atoms with Gasteiger partial charge in [0.25, 0.3) is 0 Å². The van der Waals surface area contributed by atoms with E-state index in [2.05, 4.69) is 50.3 Å². The Morgan fingerprint density at radius 1 is 1.13 bits per heavy atom. The first-order valence-electron chi connectivity index (χ1n) is 5.05. The predicted octanol–water partition coefficient (Wildman–Crippen LogP) is 5.14. The first kappa shape index (κ1) is 13.1. The van der Waals surface area contributed by atoms with Crippen LogP contribution >= 0.6 is 33.3 Å². The zero-order chi connectivity index (χ0) is 10.9. The summed E-state index contributed by atoms with van der Waals surface area (Å²) in [5, 5.41) is 0. The maximum absolute atomic E-state index is 2.27. The average Bonchev–Trinajstić information content (AvgIpc) is 2.28. The minimum atomic E-state index is 1.13. The molecule has 0 amide bonds. The second-order valence-corrected chi connectivity index (χ2v) is 6.99. The van der Waals surface area contributed by atoms with Gasteiger partial charge in [-0.25, -0.2) is 0 Å². The van der Waals surface area contributed by atoms with E-state index >= 15 is 0 Å². The lowest BCUT2D eigenvalue weighted by molar-refractivity contribution is 1.53. The van der Waals surface area contributed by atoms with E-state index in [0.29, 0.717) is 0 Å². The molecular weight excluding hydrogens is 240 g/mol. The van der Waals surface area contributed by atoms with Crippen LogP contribution in [0, 0.1) is 0 Å². The van der Waals surface area contributed by atoms with Gasteiger partial charge in [-0.15, -0.1) is 11.8 Å². The standard InChI is InChI=1S/C12H16S3/c1-3-13-12(15-14-4-2)10-11-8-6-5-7-9-11/h5-10H,3-4H2,1-2H3/b12-10-. The van der Waals surface area contributed by atoms with E-state index in [4.69, 9.17) is 0 Å². The second kappa shape index (κ2) is 8.20. The van der Waals surface area contributed by atoms with Crippen molar-refractivity contribution in [1.29, 1.82) is 0 Å². The number of hydrogen-bond acceptors (Lipinski definition) is 3. The summed E-state index contributed by atoms with van der Waals surface area (Å²) in [5.41, 5.74) is 1.29. The molecule has 0 aliphatic heterocycles. The Bertz CT molecular complexity index is 293. The molecule has 0 aliphatic carbocycles. The van der Waals surface area contributed by atoms with Gasteiger partial charge in [-0.3, -0.25) is 0 Å². The summed E-state index contributed by atoms with van der Waals surface area (Å²) >= 11 is 1.91. The maximum atomic E-state index is 2.27. The lowest BCUT2D eigenvalue weighted by Gasteiger charge is -2.03. The average molecular weight is 256 g/mol. The fraction of sp³-hybridized carbons (Fsp3) is 0.333. The Labute approximate surface area is 105 Å². The monoisotopic (exact) mass is 256 g/mol. The van der Waals surface area contributed by atoms with Gasteiger partial charge in [-0.1, -0.05) is 65.8 Å². The molecule has 1 rings (SSSR count). The van der Waals surface area contributed by atoms with Crippen molar-refractivity contribution in [1.82, 2.24) is 0 Å². The molecule has 1 aromatic rings. The van der Waals surface area contributed by atoms with Crippen LogP contribution in [0.25, 0.3) is 6.08 Å². The van der Waals surface area contributed by atoms with Gasteiger partial charge in [0.05, 0.1) is 4.24 Å². The SMILES string of the molecule is CCSS/C(=C\c1ccccc1)SCC. The van der Waals surface area contributed by atoms with Gasteiger partial charge < -0.3 is 0 Å². The molecule has 3 heteroatoms. The van der Waals surface area contributed by atoms with Crippen molar-refractivity contribution < 1.29 is 0 Å². The molecular formula is C12H16S3. The molecule has 0 N–H and O–H groups in total. The summed E-state index contributed by atoms with van der Waals surface area (Å²) in [7, 11) is 3.78. The predicted molar refractivity (Wildman–Crippen MR) is 78.3 cm³/mol. The third-order valence-corrected chi connectivity index (χ3v) is 5.48. The van der Waals surface area contributed by atoms with Crippen molar-refractivity contribution >= 4 is 39.4 Å². The topological polar surface area (TPSA) is 0 Å². The molecule has 1 aromatic carbocycles. The maximum Gasteiger partial charge on any atom is 0.0516 e. The number of benzene rings is 1. The van der Waals surface area contributed by atoms with Gasteiger partial charge in [0.2, 0.25) is 0 Å². The highest BCUT2D eigenvalue weighted by atomic mass is 33.1. The third-order valence-electron chi connectivity index (χ3n) is 1.63. The molecule has 0 nitrogen and oxygen atoms in total. The van der Waals surface area contributed by atoms with Crippen LogP contribution in [0.15, 0.2) is 34.6 Å². The minimum Gasteiger partial charge on any atom is -0.119 e. The van der Waals surface area contributed by atoms with Crippen LogP contribution in [-0.4, -0.2) is 11.5 Å². The normalized spacial score (nSPS) is 11.7. The van der Waals surface area contributed by atoms with Gasteiger partial charge in [-0.2, -0.15) is 0 Å². The minimum absolute atomic E-state index is 1.13. The molecule has 0 saturated heterocycles. The van der Waals surface area contributed by atoms with Crippen LogP contribution < -0.4 is 0 Å². The van der Waals surface area contributed by atoms with Crippen LogP contribution in [0.4, 0.5) is 0 Å². The highest BCUT2D eigenvalue weighted by Gasteiger charge is 1.98. The zero-order valence-electron chi connectivity index (χ0n) is 9.10. The fourth-order valence-electron chi connectivity index (χ4n) is 1.03. The van der Waals surface area contributed by atoms with E-state index in [1.165, 1.54) is 9.80 Å². The largest absolute Gasteiger partial charge is 0.119 e. The Balaban J connectivity index is 2.65. The first-order chi connectivity index (χ1) is 7.36. The molecule has 0 saturated carbocycles. The van der Waals surface area contributed by atoms with Gasteiger partial charge in [-0.05, 0) is 17.4 Å². The lowest BCUT2D eigenvalue weighted by Crippen LogP contribution is -1.74. The molecule has 0 heterocycles. The highest BCUT2D eigenvalue weighted by molar-refractivity contribution is 8.80. The Morgan fingerprint density at radius 3 is 2.47 bits per heavy atom. The molecule has 0 radical (unpaired) electrons. The summed E-state index contributed by atoms with van der Waals surface area (Å²) < 4.78 is 1.40. The van der Waals surface area contributed by atoms with Crippen LogP contribution in [0.3, 0.4) is 0 Å².